The molecule has 1 N–H and O–H groups in total. The van der Waals surface area contributed by atoms with E-state index in [0.717, 1.165) is 69.6 Å². The average molecular weight is 659 g/mol. The van der Waals surface area contributed by atoms with Gasteiger partial charge in [-0.2, -0.15) is 0 Å². The molecule has 0 fully saturated rings. The van der Waals surface area contributed by atoms with Gasteiger partial charge in [0.15, 0.2) is 11.3 Å². The molecular formula is C43H42N6O. The fraction of sp³-hybridized carbons (Fsp3) is 0.209. The molecule has 0 spiro atoms. The molecule has 0 bridgehead atoms. The number of tetrazole rings is 1. The Morgan fingerprint density at radius 2 is 1.28 bits per heavy atom. The summed E-state index contributed by atoms with van der Waals surface area (Å²) >= 11 is 0. The Balaban J connectivity index is 1.25. The largest absolute Gasteiger partial charge is 0.322 e. The van der Waals surface area contributed by atoms with Crippen LogP contribution in [0.4, 0.5) is 0 Å². The number of hydrogen-bond donors (Lipinski definition) is 1. The Bertz CT molecular complexity index is 1990. The molecule has 6 aromatic rings. The third kappa shape index (κ3) is 6.16. The number of hydrogen-bond acceptors (Lipinski definition) is 6. The number of nitrogens with one attached hydrogen (secondary N) is 1. The lowest BCUT2D eigenvalue weighted by molar-refractivity contribution is -0.114. The molecule has 7 nitrogen and oxygen atoms in total. The molecule has 7 heteroatoms. The molecule has 0 saturated heterocycles. The molecule has 5 aromatic carbocycles. The standard InChI is InChI=1S/C43H42N6O/c1-4-5-29-48-31(2)41(32(3)50)40(45-48)30-33-25-27-34(28-26-33)38-23-15-16-24-39(38)42-44-47-49(46-42)43(35-17-9-6-10-18-35,36-19-11-7-12-20-36)37-21-13-8-14-22-37/h6-28,31,45H,4-5,29-30H2,1-3H3. The predicted octanol–water partition coefficient (Wildman–Crippen LogP) is 8.24. The van der Waals surface area contributed by atoms with Crippen LogP contribution in [0.1, 0.15) is 55.9 Å². The van der Waals surface area contributed by atoms with Gasteiger partial charge in [0.05, 0.1) is 6.04 Å². The number of nitrogens with zero attached hydrogens (tertiary/aromatic N) is 5. The lowest BCUT2D eigenvalue weighted by atomic mass is 9.77. The zero-order chi connectivity index (χ0) is 34.5. The lowest BCUT2D eigenvalue weighted by Gasteiger charge is -2.34. The SMILES string of the molecule is CCCCN1NC(Cc2ccc(-c3ccccc3-c3nnn(C(c4ccccc4)(c4ccccc4)c4ccccc4)n3)cc2)=C(C(C)=O)C1C. The summed E-state index contributed by atoms with van der Waals surface area (Å²) in [7, 11) is 0. The van der Waals surface area contributed by atoms with Gasteiger partial charge in [-0.1, -0.05) is 153 Å². The van der Waals surface area contributed by atoms with Crippen LogP contribution in [-0.4, -0.2) is 43.6 Å². The van der Waals surface area contributed by atoms with E-state index in [1.807, 2.05) is 30.3 Å². The minimum absolute atomic E-state index is 0.0607. The normalized spacial score (nSPS) is 14.9. The summed E-state index contributed by atoms with van der Waals surface area (Å²) in [4.78, 5) is 14.4. The number of benzene rings is 5. The first-order valence-electron chi connectivity index (χ1n) is 17.4. The number of hydrazine groups is 1. The van der Waals surface area contributed by atoms with E-state index in [-0.39, 0.29) is 11.8 Å². The van der Waals surface area contributed by atoms with Crippen LogP contribution < -0.4 is 5.43 Å². The van der Waals surface area contributed by atoms with Gasteiger partial charge in [0, 0.05) is 29.8 Å². The number of carbonyl (C=O) groups excluding carboxylic acids is 1. The van der Waals surface area contributed by atoms with Gasteiger partial charge in [0.1, 0.15) is 0 Å². The summed E-state index contributed by atoms with van der Waals surface area (Å²) in [6.07, 6.45) is 2.86. The van der Waals surface area contributed by atoms with E-state index in [1.54, 1.807) is 11.7 Å². The molecule has 1 unspecified atom stereocenters. The van der Waals surface area contributed by atoms with Gasteiger partial charge in [-0.05, 0) is 58.9 Å². The number of ketones is 1. The molecule has 1 aromatic heterocycles. The van der Waals surface area contributed by atoms with E-state index in [0.29, 0.717) is 12.2 Å². The van der Waals surface area contributed by atoms with Crippen LogP contribution in [0, 0.1) is 0 Å². The molecule has 0 amide bonds. The fourth-order valence-corrected chi connectivity index (χ4v) is 7.24. The van der Waals surface area contributed by atoms with Crippen molar-refractivity contribution in [2.24, 2.45) is 0 Å². The van der Waals surface area contributed by atoms with Crippen LogP contribution in [0.3, 0.4) is 0 Å². The topological polar surface area (TPSA) is 75.9 Å². The second-order valence-corrected chi connectivity index (χ2v) is 12.9. The average Bonchev–Trinajstić information content (AvgIpc) is 3.77. The second-order valence-electron chi connectivity index (χ2n) is 12.9. The number of allylic oxidation sites excluding steroid dienone is 1. The Kier molecular flexibility index (Phi) is 9.49. The van der Waals surface area contributed by atoms with E-state index in [9.17, 15) is 4.79 Å². The summed E-state index contributed by atoms with van der Waals surface area (Å²) in [5.41, 5.74) is 11.8. The molecule has 7 rings (SSSR count). The number of unbranched alkanes of at least 4 members (excludes halogenated alkanes) is 1. The van der Waals surface area contributed by atoms with Crippen molar-refractivity contribution in [2.45, 2.75) is 51.6 Å². The molecule has 2 heterocycles. The zero-order valence-electron chi connectivity index (χ0n) is 28.8. The molecule has 0 radical (unpaired) electrons. The molecule has 0 saturated carbocycles. The molecule has 0 aliphatic carbocycles. The van der Waals surface area contributed by atoms with Gasteiger partial charge in [0.2, 0.25) is 5.82 Å². The maximum Gasteiger partial charge on any atom is 0.205 e. The highest BCUT2D eigenvalue weighted by Gasteiger charge is 2.41. The highest BCUT2D eigenvalue weighted by molar-refractivity contribution is 5.95. The van der Waals surface area contributed by atoms with Crippen LogP contribution in [0.25, 0.3) is 22.5 Å². The maximum absolute atomic E-state index is 12.7. The lowest BCUT2D eigenvalue weighted by Crippen LogP contribution is -2.39. The molecule has 50 heavy (non-hydrogen) atoms. The van der Waals surface area contributed by atoms with Gasteiger partial charge >= 0.3 is 0 Å². The van der Waals surface area contributed by atoms with Crippen molar-refractivity contribution < 1.29 is 4.79 Å². The quantitative estimate of drug-likeness (QED) is 0.134. The van der Waals surface area contributed by atoms with E-state index in [2.05, 4.69) is 133 Å². The number of Topliss-reactive ketones (excluding diaryl/α,β-unsaturated/α-hetero) is 1. The van der Waals surface area contributed by atoms with Gasteiger partial charge in [0.25, 0.3) is 0 Å². The molecule has 1 atom stereocenters. The monoisotopic (exact) mass is 658 g/mol. The van der Waals surface area contributed by atoms with E-state index in [4.69, 9.17) is 15.4 Å². The number of aromatic nitrogens is 4. The van der Waals surface area contributed by atoms with E-state index in [1.165, 1.54) is 0 Å². The third-order valence-corrected chi connectivity index (χ3v) is 9.72. The Hall–Kier alpha value is -5.66. The number of carbonyl (C=O) groups is 1. The van der Waals surface area contributed by atoms with Crippen molar-refractivity contribution in [2.75, 3.05) is 6.54 Å². The Labute approximate surface area is 294 Å². The highest BCUT2D eigenvalue weighted by Crippen LogP contribution is 2.40. The molecule has 1 aliphatic heterocycles. The van der Waals surface area contributed by atoms with Gasteiger partial charge in [-0.25, -0.2) is 5.01 Å². The zero-order valence-corrected chi connectivity index (χ0v) is 28.8. The first-order chi connectivity index (χ1) is 24.5. The summed E-state index contributed by atoms with van der Waals surface area (Å²) in [6, 6.07) is 48.0. The molecule has 1 aliphatic rings. The molecule has 250 valence electrons. The van der Waals surface area contributed by atoms with Crippen molar-refractivity contribution in [3.05, 3.63) is 173 Å². The van der Waals surface area contributed by atoms with E-state index < -0.39 is 5.54 Å². The van der Waals surface area contributed by atoms with Crippen molar-refractivity contribution in [3.8, 4) is 22.5 Å². The van der Waals surface area contributed by atoms with Crippen LogP contribution in [0.2, 0.25) is 0 Å². The van der Waals surface area contributed by atoms with Crippen LogP contribution in [0.5, 0.6) is 0 Å². The van der Waals surface area contributed by atoms with Crippen molar-refractivity contribution in [1.29, 1.82) is 0 Å². The smallest absolute Gasteiger partial charge is 0.205 e. The van der Waals surface area contributed by atoms with Crippen LogP contribution >= 0.6 is 0 Å². The predicted molar refractivity (Wildman–Crippen MR) is 199 cm³/mol. The second kappa shape index (κ2) is 14.4. The van der Waals surface area contributed by atoms with E-state index >= 15 is 0 Å². The highest BCUT2D eigenvalue weighted by atomic mass is 16.1. The van der Waals surface area contributed by atoms with Crippen molar-refractivity contribution in [3.63, 3.8) is 0 Å². The summed E-state index contributed by atoms with van der Waals surface area (Å²) in [5.74, 6) is 0.672. The van der Waals surface area contributed by atoms with Gasteiger partial charge in [-0.15, -0.1) is 15.0 Å². The first-order valence-corrected chi connectivity index (χ1v) is 17.4. The number of rotatable bonds is 12. The summed E-state index contributed by atoms with van der Waals surface area (Å²) in [6.45, 7) is 6.88. The van der Waals surface area contributed by atoms with Crippen LogP contribution in [-0.2, 0) is 16.8 Å². The Morgan fingerprint density at radius 1 is 0.740 bits per heavy atom. The summed E-state index contributed by atoms with van der Waals surface area (Å²) < 4.78 is 0. The minimum Gasteiger partial charge on any atom is -0.322 e. The minimum atomic E-state index is -0.850. The fourth-order valence-electron chi connectivity index (χ4n) is 7.24. The Morgan fingerprint density at radius 3 is 1.82 bits per heavy atom. The van der Waals surface area contributed by atoms with Crippen molar-refractivity contribution in [1.82, 2.24) is 30.6 Å². The van der Waals surface area contributed by atoms with Crippen LogP contribution in [0.15, 0.2) is 151 Å². The third-order valence-electron chi connectivity index (χ3n) is 9.72. The summed E-state index contributed by atoms with van der Waals surface area (Å²) in [5, 5.41) is 16.8. The van der Waals surface area contributed by atoms with Gasteiger partial charge < -0.3 is 5.43 Å². The molecular weight excluding hydrogens is 617 g/mol. The van der Waals surface area contributed by atoms with Gasteiger partial charge in [-0.3, -0.25) is 4.79 Å². The maximum atomic E-state index is 12.7. The first kappa shape index (κ1) is 32.9. The van der Waals surface area contributed by atoms with Crippen molar-refractivity contribution >= 4 is 5.78 Å².